The van der Waals surface area contributed by atoms with Crippen LogP contribution in [0.25, 0.3) is 0 Å². The van der Waals surface area contributed by atoms with Crippen molar-refractivity contribution in [1.29, 1.82) is 0 Å². The maximum atomic E-state index is 12.3. The lowest BCUT2D eigenvalue weighted by Crippen LogP contribution is -2.44. The van der Waals surface area contributed by atoms with Gasteiger partial charge in [0, 0.05) is 26.3 Å². The molecule has 1 aromatic rings. The highest BCUT2D eigenvalue weighted by Gasteiger charge is 2.35. The minimum atomic E-state index is 0.121. The summed E-state index contributed by atoms with van der Waals surface area (Å²) in [6, 6.07) is 1.79. The Morgan fingerprint density at radius 1 is 1.47 bits per heavy atom. The largest absolute Gasteiger partial charge is 0.337 e. The van der Waals surface area contributed by atoms with Gasteiger partial charge in [0.1, 0.15) is 5.69 Å². The van der Waals surface area contributed by atoms with Gasteiger partial charge in [-0.15, -0.1) is 0 Å². The summed E-state index contributed by atoms with van der Waals surface area (Å²) in [5.41, 5.74) is 0.689. The fourth-order valence-corrected chi connectivity index (χ4v) is 2.97. The Hall–Kier alpha value is -1.36. The number of hydrogen-bond acceptors (Lipinski definition) is 3. The van der Waals surface area contributed by atoms with Crippen molar-refractivity contribution < 1.29 is 4.79 Å². The van der Waals surface area contributed by atoms with Crippen LogP contribution in [0.3, 0.4) is 0 Å². The van der Waals surface area contributed by atoms with Crippen LogP contribution in [0.15, 0.2) is 12.3 Å². The molecule has 5 heteroatoms. The summed E-state index contributed by atoms with van der Waals surface area (Å²) in [6.45, 7) is 3.95. The number of aryl methyl sites for hydroxylation is 1. The van der Waals surface area contributed by atoms with Crippen molar-refractivity contribution in [2.24, 2.45) is 18.9 Å². The molecule has 0 saturated carbocycles. The predicted molar refractivity (Wildman–Crippen MR) is 63.6 cm³/mol. The lowest BCUT2D eigenvalue weighted by atomic mass is 9.88. The van der Waals surface area contributed by atoms with Crippen LogP contribution in [-0.4, -0.2) is 46.8 Å². The van der Waals surface area contributed by atoms with Gasteiger partial charge in [0.25, 0.3) is 5.91 Å². The van der Waals surface area contributed by atoms with E-state index >= 15 is 0 Å². The van der Waals surface area contributed by atoms with E-state index in [1.165, 1.54) is 0 Å². The van der Waals surface area contributed by atoms with Gasteiger partial charge in [0.15, 0.2) is 0 Å². The van der Waals surface area contributed by atoms with Crippen LogP contribution in [-0.2, 0) is 7.05 Å². The minimum absolute atomic E-state index is 0.121. The molecule has 1 N–H and O–H groups in total. The molecule has 17 heavy (non-hydrogen) atoms. The van der Waals surface area contributed by atoms with E-state index in [9.17, 15) is 4.79 Å². The first-order chi connectivity index (χ1) is 8.25. The number of amides is 1. The third-order valence-corrected chi connectivity index (χ3v) is 4.03. The molecule has 0 aliphatic carbocycles. The number of carbonyl (C=O) groups is 1. The van der Waals surface area contributed by atoms with Gasteiger partial charge in [-0.3, -0.25) is 9.48 Å². The van der Waals surface area contributed by atoms with Crippen molar-refractivity contribution >= 4 is 5.91 Å². The molecule has 2 unspecified atom stereocenters. The molecular weight excluding hydrogens is 216 g/mol. The number of nitrogens with zero attached hydrogens (tertiary/aromatic N) is 3. The van der Waals surface area contributed by atoms with Gasteiger partial charge in [-0.2, -0.15) is 5.10 Å². The highest BCUT2D eigenvalue weighted by Crippen LogP contribution is 2.27. The van der Waals surface area contributed by atoms with Crippen LogP contribution in [0.4, 0.5) is 0 Å². The Labute approximate surface area is 101 Å². The molecule has 1 amide bonds. The first kappa shape index (κ1) is 10.8. The van der Waals surface area contributed by atoms with Crippen LogP contribution >= 0.6 is 0 Å². The smallest absolute Gasteiger partial charge is 0.272 e. The predicted octanol–water partition coefficient (Wildman–Crippen LogP) is 0.102. The zero-order valence-electron chi connectivity index (χ0n) is 10.1. The average molecular weight is 234 g/mol. The molecule has 92 valence electrons. The summed E-state index contributed by atoms with van der Waals surface area (Å²) in [7, 11) is 1.82. The van der Waals surface area contributed by atoms with E-state index in [1.54, 1.807) is 16.9 Å². The van der Waals surface area contributed by atoms with Gasteiger partial charge < -0.3 is 10.2 Å². The monoisotopic (exact) mass is 234 g/mol. The number of carbonyl (C=O) groups excluding carboxylic acids is 1. The van der Waals surface area contributed by atoms with E-state index < -0.39 is 0 Å². The Morgan fingerprint density at radius 3 is 3.06 bits per heavy atom. The molecule has 5 nitrogen and oxygen atoms in total. The second-order valence-electron chi connectivity index (χ2n) is 5.06. The summed E-state index contributed by atoms with van der Waals surface area (Å²) in [5.74, 6) is 1.53. The zero-order chi connectivity index (χ0) is 11.8. The molecule has 0 aromatic carbocycles. The SMILES string of the molecule is Cn1nccc1C(=O)N1CCC2CNCC2C1. The van der Waals surface area contributed by atoms with Gasteiger partial charge >= 0.3 is 0 Å². The highest BCUT2D eigenvalue weighted by atomic mass is 16.2. The molecule has 2 fully saturated rings. The summed E-state index contributed by atoms with van der Waals surface area (Å²) >= 11 is 0. The number of fused-ring (bicyclic) bond motifs is 1. The van der Waals surface area contributed by atoms with E-state index in [2.05, 4.69) is 10.4 Å². The fourth-order valence-electron chi connectivity index (χ4n) is 2.97. The maximum Gasteiger partial charge on any atom is 0.272 e. The van der Waals surface area contributed by atoms with Crippen LogP contribution in [0, 0.1) is 11.8 Å². The van der Waals surface area contributed by atoms with Crippen molar-refractivity contribution in [3.05, 3.63) is 18.0 Å². The summed E-state index contributed by atoms with van der Waals surface area (Å²) in [6.07, 6.45) is 2.80. The van der Waals surface area contributed by atoms with Crippen LogP contribution in [0.1, 0.15) is 16.9 Å². The Bertz CT molecular complexity index is 428. The molecule has 3 rings (SSSR count). The van der Waals surface area contributed by atoms with Gasteiger partial charge in [-0.25, -0.2) is 0 Å². The quantitative estimate of drug-likeness (QED) is 0.750. The van der Waals surface area contributed by atoms with Gasteiger partial charge in [-0.1, -0.05) is 0 Å². The second kappa shape index (κ2) is 4.14. The van der Waals surface area contributed by atoms with E-state index in [0.29, 0.717) is 11.6 Å². The number of rotatable bonds is 1. The first-order valence-corrected chi connectivity index (χ1v) is 6.23. The normalized spacial score (nSPS) is 28.2. The maximum absolute atomic E-state index is 12.3. The molecule has 0 spiro atoms. The Kier molecular flexibility index (Phi) is 2.63. The van der Waals surface area contributed by atoms with Gasteiger partial charge in [-0.05, 0) is 37.4 Å². The third kappa shape index (κ3) is 1.84. The Morgan fingerprint density at radius 2 is 2.29 bits per heavy atom. The summed E-state index contributed by atoms with van der Waals surface area (Å²) < 4.78 is 1.65. The van der Waals surface area contributed by atoms with E-state index in [4.69, 9.17) is 0 Å². The molecule has 2 saturated heterocycles. The summed E-state index contributed by atoms with van der Waals surface area (Å²) in [4.78, 5) is 14.3. The molecule has 3 heterocycles. The third-order valence-electron chi connectivity index (χ3n) is 4.03. The van der Waals surface area contributed by atoms with E-state index in [0.717, 1.165) is 38.5 Å². The number of piperidine rings is 1. The zero-order valence-corrected chi connectivity index (χ0v) is 10.1. The van der Waals surface area contributed by atoms with Crippen molar-refractivity contribution in [1.82, 2.24) is 20.0 Å². The lowest BCUT2D eigenvalue weighted by molar-refractivity contribution is 0.0631. The fraction of sp³-hybridized carbons (Fsp3) is 0.667. The first-order valence-electron chi connectivity index (χ1n) is 6.23. The van der Waals surface area contributed by atoms with Gasteiger partial charge in [0.05, 0.1) is 0 Å². The molecule has 2 aliphatic heterocycles. The standard InChI is InChI=1S/C12H18N4O/c1-15-11(2-4-14-15)12(17)16-5-3-9-6-13-7-10(9)8-16/h2,4,9-10,13H,3,5-8H2,1H3. The van der Waals surface area contributed by atoms with Crippen LogP contribution < -0.4 is 5.32 Å². The van der Waals surface area contributed by atoms with Gasteiger partial charge in [0.2, 0.25) is 0 Å². The minimum Gasteiger partial charge on any atom is -0.337 e. The van der Waals surface area contributed by atoms with E-state index in [-0.39, 0.29) is 5.91 Å². The number of nitrogens with one attached hydrogen (secondary N) is 1. The molecule has 0 bridgehead atoms. The van der Waals surface area contributed by atoms with Crippen molar-refractivity contribution in [3.8, 4) is 0 Å². The molecule has 2 atom stereocenters. The van der Waals surface area contributed by atoms with Crippen molar-refractivity contribution in [2.45, 2.75) is 6.42 Å². The Balaban J connectivity index is 1.73. The lowest BCUT2D eigenvalue weighted by Gasteiger charge is -2.34. The molecular formula is C12H18N4O. The highest BCUT2D eigenvalue weighted by molar-refractivity contribution is 5.92. The second-order valence-corrected chi connectivity index (χ2v) is 5.06. The van der Waals surface area contributed by atoms with E-state index in [1.807, 2.05) is 11.9 Å². The molecule has 0 radical (unpaired) electrons. The average Bonchev–Trinajstić information content (AvgIpc) is 2.95. The molecule has 2 aliphatic rings. The van der Waals surface area contributed by atoms with Crippen molar-refractivity contribution in [3.63, 3.8) is 0 Å². The number of aromatic nitrogens is 2. The number of hydrogen-bond donors (Lipinski definition) is 1. The van der Waals surface area contributed by atoms with Crippen LogP contribution in [0.5, 0.6) is 0 Å². The molecule has 1 aromatic heterocycles. The van der Waals surface area contributed by atoms with Crippen molar-refractivity contribution in [2.75, 3.05) is 26.2 Å². The number of likely N-dealkylation sites (tertiary alicyclic amines) is 1. The van der Waals surface area contributed by atoms with Crippen LogP contribution in [0.2, 0.25) is 0 Å². The topological polar surface area (TPSA) is 50.2 Å². The summed E-state index contributed by atoms with van der Waals surface area (Å²) in [5, 5.41) is 7.47.